The topological polar surface area (TPSA) is 96.6 Å². The molecule has 0 aliphatic carbocycles. The fourth-order valence-electron chi connectivity index (χ4n) is 3.14. The number of para-hydroxylation sites is 2. The molecule has 0 aliphatic rings. The predicted octanol–water partition coefficient (Wildman–Crippen LogP) is 3.64. The number of carbonyl (C=O) groups is 1. The van der Waals surface area contributed by atoms with Crippen LogP contribution in [0.5, 0.6) is 5.75 Å². The average molecular weight is 445 g/mol. The molecule has 0 atom stereocenters. The molecule has 8 heteroatoms. The van der Waals surface area contributed by atoms with Crippen molar-refractivity contribution in [2.45, 2.75) is 12.1 Å². The lowest BCUT2D eigenvalue weighted by Crippen LogP contribution is -2.24. The van der Waals surface area contributed by atoms with Gasteiger partial charge in [-0.15, -0.1) is 0 Å². The zero-order valence-corrected chi connectivity index (χ0v) is 18.0. The second kappa shape index (κ2) is 9.49. The first kappa shape index (κ1) is 21.3. The summed E-state index contributed by atoms with van der Waals surface area (Å²) in [6, 6.07) is 21.2. The monoisotopic (exact) mass is 444 g/mol. The molecule has 0 bridgehead atoms. The van der Waals surface area contributed by atoms with Crippen molar-refractivity contribution in [2.24, 2.45) is 5.10 Å². The number of hydrogen-bond donors (Lipinski definition) is 2. The molecule has 0 saturated carbocycles. The van der Waals surface area contributed by atoms with Crippen molar-refractivity contribution in [3.63, 3.8) is 0 Å². The summed E-state index contributed by atoms with van der Waals surface area (Å²) in [5.41, 5.74) is 5.26. The molecule has 0 aliphatic heterocycles. The van der Waals surface area contributed by atoms with Crippen LogP contribution in [0.25, 0.3) is 16.6 Å². The van der Waals surface area contributed by atoms with Crippen LogP contribution in [0.4, 0.5) is 0 Å². The number of hydrogen-bond acceptors (Lipinski definition) is 6. The Bertz CT molecular complexity index is 1360. The Hall–Kier alpha value is -3.91. The highest BCUT2D eigenvalue weighted by Crippen LogP contribution is 2.23. The number of rotatable bonds is 6. The van der Waals surface area contributed by atoms with Crippen molar-refractivity contribution in [1.82, 2.24) is 15.0 Å². The maximum atomic E-state index is 13.3. The lowest BCUT2D eigenvalue weighted by atomic mass is 10.2. The highest BCUT2D eigenvalue weighted by Gasteiger charge is 2.15. The molecular weight excluding hydrogens is 424 g/mol. The Kier molecular flexibility index (Phi) is 6.32. The van der Waals surface area contributed by atoms with Gasteiger partial charge in [-0.2, -0.15) is 5.10 Å². The summed E-state index contributed by atoms with van der Waals surface area (Å²) in [6.07, 6.45) is 1.49. The largest absolute Gasteiger partial charge is 0.508 e. The zero-order valence-electron chi connectivity index (χ0n) is 17.2. The Balaban J connectivity index is 1.57. The van der Waals surface area contributed by atoms with Crippen LogP contribution in [0.3, 0.4) is 0 Å². The van der Waals surface area contributed by atoms with Crippen LogP contribution in [0.2, 0.25) is 0 Å². The molecule has 4 rings (SSSR count). The molecule has 4 aromatic rings. The van der Waals surface area contributed by atoms with Gasteiger partial charge in [0.15, 0.2) is 5.16 Å². The minimum Gasteiger partial charge on any atom is -0.508 e. The van der Waals surface area contributed by atoms with Gasteiger partial charge in [0.2, 0.25) is 0 Å². The van der Waals surface area contributed by atoms with E-state index in [9.17, 15) is 14.7 Å². The van der Waals surface area contributed by atoms with Crippen LogP contribution < -0.4 is 11.0 Å². The van der Waals surface area contributed by atoms with E-state index in [1.54, 1.807) is 34.9 Å². The van der Waals surface area contributed by atoms with E-state index in [2.05, 4.69) is 15.5 Å². The van der Waals surface area contributed by atoms with E-state index >= 15 is 0 Å². The van der Waals surface area contributed by atoms with Crippen molar-refractivity contribution in [2.75, 3.05) is 5.75 Å². The predicted molar refractivity (Wildman–Crippen MR) is 127 cm³/mol. The minimum absolute atomic E-state index is 0.0313. The first-order valence-corrected chi connectivity index (χ1v) is 10.8. The number of nitrogens with one attached hydrogen (secondary N) is 1. The summed E-state index contributed by atoms with van der Waals surface area (Å²) in [4.78, 5) is 30.2. The highest BCUT2D eigenvalue weighted by molar-refractivity contribution is 7.99. The van der Waals surface area contributed by atoms with Gasteiger partial charge in [0.05, 0.1) is 28.6 Å². The number of nitrogens with zero attached hydrogens (tertiary/aromatic N) is 3. The molecule has 1 aromatic heterocycles. The van der Waals surface area contributed by atoms with Crippen molar-refractivity contribution < 1.29 is 9.90 Å². The minimum atomic E-state index is -0.330. The molecule has 0 fully saturated rings. The van der Waals surface area contributed by atoms with Crippen molar-refractivity contribution in [3.05, 3.63) is 94.3 Å². The Labute approximate surface area is 188 Å². The summed E-state index contributed by atoms with van der Waals surface area (Å²) in [6.45, 7) is 1.93. The van der Waals surface area contributed by atoms with Crippen molar-refractivity contribution in [1.29, 1.82) is 0 Å². The van der Waals surface area contributed by atoms with Gasteiger partial charge in [0, 0.05) is 0 Å². The van der Waals surface area contributed by atoms with E-state index in [0.29, 0.717) is 16.1 Å². The summed E-state index contributed by atoms with van der Waals surface area (Å²) in [5.74, 6) is -0.141. The van der Waals surface area contributed by atoms with Crippen LogP contribution in [0.1, 0.15) is 11.1 Å². The van der Waals surface area contributed by atoms with Crippen LogP contribution in [0, 0.1) is 6.92 Å². The standard InChI is InChI=1S/C24H20N4O3S/c1-16-6-2-5-9-21(16)28-23(31)19-7-3-4-8-20(19)26-24(28)32-15-22(30)27-25-14-17-10-12-18(29)13-11-17/h2-14,29H,15H2,1H3,(H,27,30)/b25-14-. The number of hydrazone groups is 1. The second-order valence-electron chi connectivity index (χ2n) is 7.01. The van der Waals surface area contributed by atoms with Gasteiger partial charge < -0.3 is 5.11 Å². The third-order valence-corrected chi connectivity index (χ3v) is 5.67. The van der Waals surface area contributed by atoms with Gasteiger partial charge in [0.25, 0.3) is 11.5 Å². The van der Waals surface area contributed by atoms with E-state index < -0.39 is 0 Å². The highest BCUT2D eigenvalue weighted by atomic mass is 32.2. The van der Waals surface area contributed by atoms with Crippen molar-refractivity contribution in [3.8, 4) is 11.4 Å². The van der Waals surface area contributed by atoms with Gasteiger partial charge >= 0.3 is 0 Å². The maximum absolute atomic E-state index is 13.3. The first-order chi connectivity index (χ1) is 15.5. The summed E-state index contributed by atoms with van der Waals surface area (Å²) >= 11 is 1.17. The van der Waals surface area contributed by atoms with Crippen LogP contribution in [0.15, 0.2) is 87.8 Å². The lowest BCUT2D eigenvalue weighted by molar-refractivity contribution is -0.118. The molecule has 0 radical (unpaired) electrons. The summed E-state index contributed by atoms with van der Waals surface area (Å²) in [5, 5.41) is 14.2. The number of thioether (sulfide) groups is 1. The number of aromatic nitrogens is 2. The van der Waals surface area contributed by atoms with Gasteiger partial charge in [-0.1, -0.05) is 42.1 Å². The van der Waals surface area contributed by atoms with Gasteiger partial charge in [0.1, 0.15) is 5.75 Å². The molecule has 0 spiro atoms. The SMILES string of the molecule is Cc1ccccc1-n1c(SCC(=O)N/N=C\c2ccc(O)cc2)nc2ccccc2c1=O. The number of amides is 1. The quantitative estimate of drug-likeness (QED) is 0.205. The third-order valence-electron chi connectivity index (χ3n) is 4.73. The average Bonchev–Trinajstić information content (AvgIpc) is 2.80. The molecule has 32 heavy (non-hydrogen) atoms. The number of benzene rings is 3. The zero-order chi connectivity index (χ0) is 22.5. The number of fused-ring (bicyclic) bond motifs is 1. The van der Waals surface area contributed by atoms with E-state index in [4.69, 9.17) is 0 Å². The molecule has 7 nitrogen and oxygen atoms in total. The van der Waals surface area contributed by atoms with E-state index in [-0.39, 0.29) is 23.0 Å². The molecule has 0 unspecified atom stereocenters. The molecule has 160 valence electrons. The first-order valence-electron chi connectivity index (χ1n) is 9.84. The fraction of sp³-hybridized carbons (Fsp3) is 0.0833. The van der Waals surface area contributed by atoms with Gasteiger partial charge in [-0.25, -0.2) is 10.4 Å². The number of phenols is 1. The molecular formula is C24H20N4O3S. The molecule has 0 saturated heterocycles. The Morgan fingerprint density at radius 2 is 1.81 bits per heavy atom. The van der Waals surface area contributed by atoms with Crippen LogP contribution in [-0.2, 0) is 4.79 Å². The summed E-state index contributed by atoms with van der Waals surface area (Å²) < 4.78 is 1.55. The van der Waals surface area contributed by atoms with Gasteiger partial charge in [-0.3, -0.25) is 14.2 Å². The number of aromatic hydroxyl groups is 1. The second-order valence-corrected chi connectivity index (χ2v) is 7.95. The number of aryl methyl sites for hydroxylation is 1. The molecule has 3 aromatic carbocycles. The van der Waals surface area contributed by atoms with E-state index in [1.165, 1.54) is 30.1 Å². The molecule has 2 N–H and O–H groups in total. The van der Waals surface area contributed by atoms with E-state index in [1.807, 2.05) is 37.3 Å². The lowest BCUT2D eigenvalue weighted by Gasteiger charge is -2.14. The Morgan fingerprint density at radius 1 is 1.09 bits per heavy atom. The number of carbonyl (C=O) groups excluding carboxylic acids is 1. The fourth-order valence-corrected chi connectivity index (χ4v) is 3.94. The maximum Gasteiger partial charge on any atom is 0.266 e. The molecule has 1 amide bonds. The number of phenolic OH excluding ortho intramolecular Hbond substituents is 1. The Morgan fingerprint density at radius 3 is 2.59 bits per heavy atom. The van der Waals surface area contributed by atoms with Gasteiger partial charge in [-0.05, 0) is 60.5 Å². The van der Waals surface area contributed by atoms with E-state index in [0.717, 1.165) is 16.8 Å². The van der Waals surface area contributed by atoms with Crippen LogP contribution in [-0.4, -0.2) is 32.5 Å². The van der Waals surface area contributed by atoms with Crippen LogP contribution >= 0.6 is 11.8 Å². The smallest absolute Gasteiger partial charge is 0.266 e. The molecule has 1 heterocycles. The third kappa shape index (κ3) is 4.70. The normalized spacial score (nSPS) is 11.2. The summed E-state index contributed by atoms with van der Waals surface area (Å²) in [7, 11) is 0. The van der Waals surface area contributed by atoms with Crippen molar-refractivity contribution >= 4 is 34.8 Å².